The monoisotopic (exact) mass is 560 g/mol. The summed E-state index contributed by atoms with van der Waals surface area (Å²) in [7, 11) is -7.17. The molecule has 0 saturated heterocycles. The highest BCUT2D eigenvalue weighted by Gasteiger charge is 2.85. The minimum Gasteiger partial charge on any atom is -0.281 e. The van der Waals surface area contributed by atoms with Crippen molar-refractivity contribution in [1.82, 2.24) is 0 Å². The van der Waals surface area contributed by atoms with Gasteiger partial charge in [0, 0.05) is 3.57 Å². The normalized spacial score (nSPS) is 14.4. The molecule has 0 radical (unpaired) electrons. The van der Waals surface area contributed by atoms with Crippen LogP contribution in [0, 0.1) is 3.57 Å². The lowest BCUT2D eigenvalue weighted by molar-refractivity contribution is -0.382. The molecule has 1 rings (SSSR count). The molecule has 0 aliphatic carbocycles. The van der Waals surface area contributed by atoms with Gasteiger partial charge in [-0.1, -0.05) is 32.9 Å². The molecule has 0 bridgehead atoms. The van der Waals surface area contributed by atoms with Gasteiger partial charge in [0.25, 0.3) is 0 Å². The van der Waals surface area contributed by atoms with E-state index in [-0.39, 0.29) is 5.41 Å². The number of hydrogen-bond acceptors (Lipinski definition) is 2. The molecule has 1 aromatic rings. The Kier molecular flexibility index (Phi) is 7.94. The van der Waals surface area contributed by atoms with E-state index in [0.29, 0.717) is 0 Å². The maximum absolute atomic E-state index is 12.2. The summed E-state index contributed by atoms with van der Waals surface area (Å²) in [6.45, 7) is 6.69. The van der Waals surface area contributed by atoms with Crippen molar-refractivity contribution in [2.24, 2.45) is 0 Å². The van der Waals surface area contributed by atoms with Gasteiger partial charge in [0.05, 0.1) is 0 Å². The zero-order valence-corrected chi connectivity index (χ0v) is 17.2. The Morgan fingerprint density at radius 2 is 1.14 bits per heavy atom. The van der Waals surface area contributed by atoms with E-state index in [9.17, 15) is 47.9 Å². The van der Waals surface area contributed by atoms with Gasteiger partial charge in [-0.3, -0.25) is 4.55 Å². The van der Waals surface area contributed by atoms with E-state index in [1.54, 1.807) is 0 Å². The quantitative estimate of drug-likeness (QED) is 0.285. The SMILES string of the molecule is CC(C)(C)c1ccc(I)cc1.O=S(=O)(O)C(F)(F)C(F)(F)C(F)(F)C(F)(F)F. The molecule has 3 nitrogen and oxygen atoms in total. The van der Waals surface area contributed by atoms with Gasteiger partial charge >= 0.3 is 33.4 Å². The van der Waals surface area contributed by atoms with Crippen molar-refractivity contribution in [3.05, 3.63) is 33.4 Å². The highest BCUT2D eigenvalue weighted by Crippen LogP contribution is 2.54. The van der Waals surface area contributed by atoms with Crippen molar-refractivity contribution >= 4 is 32.7 Å². The summed E-state index contributed by atoms with van der Waals surface area (Å²) in [4.78, 5) is 0. The summed E-state index contributed by atoms with van der Waals surface area (Å²) in [5.41, 5.74) is 1.68. The summed E-state index contributed by atoms with van der Waals surface area (Å²) in [5.74, 6) is -14.7. The molecule has 0 saturated carbocycles. The number of alkyl halides is 9. The fourth-order valence-corrected chi connectivity index (χ4v) is 2.28. The van der Waals surface area contributed by atoms with Crippen molar-refractivity contribution in [2.75, 3.05) is 0 Å². The van der Waals surface area contributed by atoms with Crippen LogP contribution in [0.3, 0.4) is 0 Å². The first-order valence-corrected chi connectivity index (χ1v) is 9.45. The maximum atomic E-state index is 12.2. The van der Waals surface area contributed by atoms with E-state index in [2.05, 4.69) is 67.6 Å². The lowest BCUT2D eigenvalue weighted by Gasteiger charge is -2.31. The highest BCUT2D eigenvalue weighted by molar-refractivity contribution is 14.1. The molecule has 1 N–H and O–H groups in total. The number of rotatable bonds is 3. The summed E-state index contributed by atoms with van der Waals surface area (Å²) in [5, 5.41) is -7.00. The predicted octanol–water partition coefficient (Wildman–Crippen LogP) is 5.89. The minimum absolute atomic E-state index is 0.282. The molecule has 0 aliphatic rings. The standard InChI is InChI=1S/C10H13I.C4HF9O3S/c1-10(2,3)8-4-6-9(11)7-5-8;5-1(6,3(9,10)11)2(7,8)4(12,13)17(14,15)16/h4-7H,1-3H3;(H,14,15,16). The Morgan fingerprint density at radius 1 is 0.786 bits per heavy atom. The zero-order chi connectivity index (χ0) is 23.0. The molecule has 1 aromatic carbocycles. The van der Waals surface area contributed by atoms with Crippen molar-refractivity contribution in [3.8, 4) is 0 Å². The predicted molar refractivity (Wildman–Crippen MR) is 90.3 cm³/mol. The Labute approximate surface area is 168 Å². The third-order valence-electron chi connectivity index (χ3n) is 3.15. The smallest absolute Gasteiger partial charge is 0.281 e. The van der Waals surface area contributed by atoms with E-state index >= 15 is 0 Å². The van der Waals surface area contributed by atoms with Crippen LogP contribution in [0.2, 0.25) is 0 Å². The first kappa shape index (κ1) is 27.2. The molecular weight excluding hydrogens is 546 g/mol. The van der Waals surface area contributed by atoms with Crippen LogP contribution in [-0.2, 0) is 15.5 Å². The van der Waals surface area contributed by atoms with Gasteiger partial charge in [-0.2, -0.15) is 47.9 Å². The average molecular weight is 560 g/mol. The minimum atomic E-state index is -7.37. The van der Waals surface area contributed by atoms with Gasteiger partial charge in [-0.05, 0) is 45.7 Å². The Balaban J connectivity index is 0.000000567. The second kappa shape index (κ2) is 8.16. The molecule has 14 heteroatoms. The van der Waals surface area contributed by atoms with Crippen molar-refractivity contribution in [3.63, 3.8) is 0 Å². The maximum Gasteiger partial charge on any atom is 0.460 e. The van der Waals surface area contributed by atoms with Crippen molar-refractivity contribution < 1.29 is 52.5 Å². The van der Waals surface area contributed by atoms with E-state index < -0.39 is 33.4 Å². The van der Waals surface area contributed by atoms with E-state index in [1.165, 1.54) is 9.13 Å². The molecule has 0 unspecified atom stereocenters. The Bertz CT molecular complexity index is 767. The van der Waals surface area contributed by atoms with Crippen molar-refractivity contribution in [1.29, 1.82) is 0 Å². The third-order valence-corrected chi connectivity index (χ3v) is 4.77. The number of benzene rings is 1. The first-order chi connectivity index (χ1) is 12.0. The molecule has 0 fully saturated rings. The van der Waals surface area contributed by atoms with Gasteiger partial charge in [0.2, 0.25) is 0 Å². The molecule has 164 valence electrons. The Morgan fingerprint density at radius 3 is 1.39 bits per heavy atom. The summed E-state index contributed by atoms with van der Waals surface area (Å²) < 4.78 is 135. The largest absolute Gasteiger partial charge is 0.460 e. The second-order valence-electron chi connectivity index (χ2n) is 6.40. The van der Waals surface area contributed by atoms with Crippen LogP contribution in [0.1, 0.15) is 26.3 Å². The van der Waals surface area contributed by atoms with Gasteiger partial charge in [-0.25, -0.2) is 0 Å². The van der Waals surface area contributed by atoms with Gasteiger partial charge in [-0.15, -0.1) is 0 Å². The van der Waals surface area contributed by atoms with Gasteiger partial charge in [0.1, 0.15) is 0 Å². The van der Waals surface area contributed by atoms with Crippen LogP contribution in [0.5, 0.6) is 0 Å². The first-order valence-electron chi connectivity index (χ1n) is 6.93. The molecule has 0 atom stereocenters. The van der Waals surface area contributed by atoms with Crippen LogP contribution >= 0.6 is 22.6 Å². The molecule has 0 heterocycles. The molecule has 0 amide bonds. The second-order valence-corrected chi connectivity index (χ2v) is 9.10. The molecule has 0 spiro atoms. The highest BCUT2D eigenvalue weighted by atomic mass is 127. The van der Waals surface area contributed by atoms with Crippen molar-refractivity contribution in [2.45, 2.75) is 49.5 Å². The number of hydrogen-bond donors (Lipinski definition) is 1. The summed E-state index contributed by atoms with van der Waals surface area (Å²) in [6, 6.07) is 8.70. The molecule has 0 aromatic heterocycles. The third kappa shape index (κ3) is 5.64. The van der Waals surface area contributed by atoms with Crippen LogP contribution < -0.4 is 0 Å². The Hall–Kier alpha value is -0.770. The molecular formula is C14H14F9IO3S. The van der Waals surface area contributed by atoms with Crippen LogP contribution in [0.15, 0.2) is 24.3 Å². The number of halogens is 10. The van der Waals surface area contributed by atoms with Gasteiger partial charge in [0.15, 0.2) is 0 Å². The lowest BCUT2D eigenvalue weighted by Crippen LogP contribution is -2.63. The van der Waals surface area contributed by atoms with E-state index in [4.69, 9.17) is 4.55 Å². The fraction of sp³-hybridized carbons (Fsp3) is 0.571. The van der Waals surface area contributed by atoms with E-state index in [1.807, 2.05) is 0 Å². The van der Waals surface area contributed by atoms with Crippen LogP contribution in [0.25, 0.3) is 0 Å². The van der Waals surface area contributed by atoms with Crippen LogP contribution in [0.4, 0.5) is 39.5 Å². The molecule has 28 heavy (non-hydrogen) atoms. The van der Waals surface area contributed by atoms with Crippen LogP contribution in [-0.4, -0.2) is 36.2 Å². The lowest BCUT2D eigenvalue weighted by atomic mass is 9.87. The summed E-state index contributed by atoms with van der Waals surface area (Å²) in [6.07, 6.45) is -7.13. The zero-order valence-electron chi connectivity index (χ0n) is 14.3. The van der Waals surface area contributed by atoms with Gasteiger partial charge < -0.3 is 0 Å². The topological polar surface area (TPSA) is 54.4 Å². The van der Waals surface area contributed by atoms with E-state index in [0.717, 1.165) is 0 Å². The summed E-state index contributed by atoms with van der Waals surface area (Å²) >= 11 is 2.32. The average Bonchev–Trinajstić information content (AvgIpc) is 2.44. The molecule has 0 aliphatic heterocycles. The fourth-order valence-electron chi connectivity index (χ4n) is 1.47.